The van der Waals surface area contributed by atoms with Gasteiger partial charge in [-0.15, -0.1) is 11.3 Å². The fourth-order valence-electron chi connectivity index (χ4n) is 3.26. The van der Waals surface area contributed by atoms with Crippen LogP contribution in [0.3, 0.4) is 0 Å². The predicted molar refractivity (Wildman–Crippen MR) is 131 cm³/mol. The van der Waals surface area contributed by atoms with E-state index in [9.17, 15) is 18.3 Å². The smallest absolute Gasteiger partial charge is 0.318 e. The Labute approximate surface area is 200 Å². The molecule has 0 saturated carbocycles. The summed E-state index contributed by atoms with van der Waals surface area (Å²) in [6.07, 6.45) is 2.01. The largest absolute Gasteiger partial charge is 0.491 e. The number of ether oxygens (including phenoxy) is 1. The third-order valence-corrected chi connectivity index (χ3v) is 8.73. The Hall–Kier alpha value is -1.94. The molecule has 0 amide bonds. The van der Waals surface area contributed by atoms with Crippen LogP contribution in [0.5, 0.6) is 5.75 Å². The second kappa shape index (κ2) is 11.5. The molecule has 2 aromatic rings. The van der Waals surface area contributed by atoms with Gasteiger partial charge in [-0.2, -0.15) is 4.72 Å². The average molecular weight is 498 g/mol. The summed E-state index contributed by atoms with van der Waals surface area (Å²) in [5.41, 5.74) is 1.94. The molecule has 1 aromatic carbocycles. The lowest BCUT2D eigenvalue weighted by molar-refractivity contribution is -0.135. The molecule has 0 aliphatic rings. The minimum Gasteiger partial charge on any atom is -0.491 e. The van der Waals surface area contributed by atoms with Crippen LogP contribution >= 0.6 is 11.3 Å². The lowest BCUT2D eigenvalue weighted by Crippen LogP contribution is -2.32. The standard InChI is InChI=1S/C24H35NO6S2/c1-6-18(20-11-12-23(32-20)33(29,30)25-14-22(27)28)9-7-17-8-10-19(16(2)13-17)31-15-21(26)24(3,4)5/h8,10-13,18,21,25-26H,6-7,9,14-15H2,1-5H3,(H,27,28). The quantitative estimate of drug-likeness (QED) is 0.402. The minimum absolute atomic E-state index is 0.131. The van der Waals surface area contributed by atoms with Crippen LogP contribution in [0.2, 0.25) is 0 Å². The van der Waals surface area contributed by atoms with Gasteiger partial charge in [0.05, 0.1) is 6.10 Å². The van der Waals surface area contributed by atoms with Crippen LogP contribution in [-0.2, 0) is 21.2 Å². The molecule has 2 atom stereocenters. The fraction of sp³-hybridized carbons (Fsp3) is 0.542. The highest BCUT2D eigenvalue weighted by Crippen LogP contribution is 2.33. The topological polar surface area (TPSA) is 113 Å². The number of aliphatic hydroxyl groups is 1. The lowest BCUT2D eigenvalue weighted by Gasteiger charge is -2.26. The number of carboxylic acids is 1. The van der Waals surface area contributed by atoms with Crippen LogP contribution in [0.25, 0.3) is 0 Å². The van der Waals surface area contributed by atoms with Crippen LogP contribution < -0.4 is 9.46 Å². The summed E-state index contributed by atoms with van der Waals surface area (Å²) in [6, 6.07) is 9.40. The first-order valence-corrected chi connectivity index (χ1v) is 13.3. The summed E-state index contributed by atoms with van der Waals surface area (Å²) in [5, 5.41) is 18.9. The molecule has 9 heteroatoms. The van der Waals surface area contributed by atoms with Crippen molar-refractivity contribution in [3.63, 3.8) is 0 Å². The van der Waals surface area contributed by atoms with Gasteiger partial charge in [-0.1, -0.05) is 39.8 Å². The molecule has 184 valence electrons. The predicted octanol–water partition coefficient (Wildman–Crippen LogP) is 4.33. The summed E-state index contributed by atoms with van der Waals surface area (Å²) in [5.74, 6) is -0.258. The Morgan fingerprint density at radius 3 is 2.48 bits per heavy atom. The molecule has 2 unspecified atom stereocenters. The van der Waals surface area contributed by atoms with E-state index in [1.807, 2.05) is 45.9 Å². The molecule has 0 bridgehead atoms. The van der Waals surface area contributed by atoms with E-state index >= 15 is 0 Å². The van der Waals surface area contributed by atoms with E-state index in [-0.39, 0.29) is 22.1 Å². The van der Waals surface area contributed by atoms with Crippen LogP contribution in [0.4, 0.5) is 0 Å². The molecule has 0 saturated heterocycles. The van der Waals surface area contributed by atoms with Crippen molar-refractivity contribution in [2.24, 2.45) is 5.41 Å². The highest BCUT2D eigenvalue weighted by atomic mass is 32.2. The SMILES string of the molecule is CCC(CCc1ccc(OCC(O)C(C)(C)C)c(C)c1)c1ccc(S(=O)(=O)NCC(=O)O)s1. The van der Waals surface area contributed by atoms with E-state index in [1.54, 1.807) is 0 Å². The maximum atomic E-state index is 12.3. The average Bonchev–Trinajstić information content (AvgIpc) is 3.22. The number of aryl methyl sites for hydroxylation is 2. The Morgan fingerprint density at radius 1 is 1.21 bits per heavy atom. The first-order chi connectivity index (χ1) is 15.3. The van der Waals surface area contributed by atoms with Gasteiger partial charge in [0.15, 0.2) is 0 Å². The molecular formula is C24H35NO6S2. The lowest BCUT2D eigenvalue weighted by atomic mass is 9.90. The van der Waals surface area contributed by atoms with Gasteiger partial charge in [-0.05, 0) is 66.8 Å². The molecule has 0 spiro atoms. The van der Waals surface area contributed by atoms with E-state index in [2.05, 4.69) is 17.7 Å². The first-order valence-electron chi connectivity index (χ1n) is 11.0. The number of thiophene rings is 1. The zero-order chi connectivity index (χ0) is 24.8. The van der Waals surface area contributed by atoms with Crippen molar-refractivity contribution >= 4 is 27.3 Å². The molecule has 2 rings (SSSR count). The van der Waals surface area contributed by atoms with Crippen molar-refractivity contribution < 1.29 is 28.2 Å². The van der Waals surface area contributed by atoms with Crippen molar-refractivity contribution in [2.45, 2.75) is 70.1 Å². The van der Waals surface area contributed by atoms with E-state index in [4.69, 9.17) is 9.84 Å². The van der Waals surface area contributed by atoms with Gasteiger partial charge >= 0.3 is 5.97 Å². The highest BCUT2D eigenvalue weighted by Gasteiger charge is 2.23. The molecule has 33 heavy (non-hydrogen) atoms. The van der Waals surface area contributed by atoms with E-state index < -0.39 is 28.6 Å². The second-order valence-corrected chi connectivity index (χ2v) is 12.4. The van der Waals surface area contributed by atoms with E-state index in [1.165, 1.54) is 23.0 Å². The number of aliphatic hydroxyl groups excluding tert-OH is 1. The fourth-order valence-corrected chi connectivity index (χ4v) is 5.83. The van der Waals surface area contributed by atoms with Crippen molar-refractivity contribution in [2.75, 3.05) is 13.2 Å². The van der Waals surface area contributed by atoms with Crippen molar-refractivity contribution in [1.82, 2.24) is 4.72 Å². The number of carboxylic acid groups (broad SMARTS) is 1. The number of nitrogens with one attached hydrogen (secondary N) is 1. The van der Waals surface area contributed by atoms with E-state index in [0.717, 1.165) is 35.5 Å². The number of benzene rings is 1. The van der Waals surface area contributed by atoms with Gasteiger partial charge < -0.3 is 14.9 Å². The third-order valence-electron chi connectivity index (χ3n) is 5.59. The number of aliphatic carboxylic acids is 1. The summed E-state index contributed by atoms with van der Waals surface area (Å²) < 4.78 is 32.6. The highest BCUT2D eigenvalue weighted by molar-refractivity contribution is 7.91. The summed E-state index contributed by atoms with van der Waals surface area (Å²) >= 11 is 1.19. The van der Waals surface area contributed by atoms with Crippen LogP contribution in [0.1, 0.15) is 62.5 Å². The second-order valence-electron chi connectivity index (χ2n) is 9.31. The number of rotatable bonds is 12. The zero-order valence-electron chi connectivity index (χ0n) is 19.9. The molecule has 0 radical (unpaired) electrons. The normalized spacial score (nSPS) is 14.1. The number of hydrogen-bond donors (Lipinski definition) is 3. The Kier molecular flexibility index (Phi) is 9.48. The number of hydrogen-bond acceptors (Lipinski definition) is 6. The third kappa shape index (κ3) is 8.10. The van der Waals surface area contributed by atoms with Gasteiger partial charge in [0.2, 0.25) is 0 Å². The van der Waals surface area contributed by atoms with Crippen LogP contribution in [0.15, 0.2) is 34.5 Å². The molecule has 0 aliphatic carbocycles. The molecule has 7 nitrogen and oxygen atoms in total. The minimum atomic E-state index is -3.82. The zero-order valence-corrected chi connectivity index (χ0v) is 21.6. The molecular weight excluding hydrogens is 462 g/mol. The molecule has 1 aromatic heterocycles. The first kappa shape index (κ1) is 27.3. The summed E-state index contributed by atoms with van der Waals surface area (Å²) in [7, 11) is -3.82. The monoisotopic (exact) mass is 497 g/mol. The summed E-state index contributed by atoms with van der Waals surface area (Å²) in [4.78, 5) is 11.6. The van der Waals surface area contributed by atoms with Crippen LogP contribution in [0, 0.1) is 12.3 Å². The maximum Gasteiger partial charge on any atom is 0.318 e. The summed E-state index contributed by atoms with van der Waals surface area (Å²) in [6.45, 7) is 9.58. The van der Waals surface area contributed by atoms with Gasteiger partial charge in [-0.25, -0.2) is 8.42 Å². The van der Waals surface area contributed by atoms with Gasteiger partial charge in [0.1, 0.15) is 23.1 Å². The molecule has 3 N–H and O–H groups in total. The van der Waals surface area contributed by atoms with Gasteiger partial charge in [0, 0.05) is 4.88 Å². The number of carbonyl (C=O) groups is 1. The maximum absolute atomic E-state index is 12.3. The van der Waals surface area contributed by atoms with Crippen molar-refractivity contribution in [1.29, 1.82) is 0 Å². The Morgan fingerprint density at radius 2 is 1.91 bits per heavy atom. The van der Waals surface area contributed by atoms with Crippen molar-refractivity contribution in [3.05, 3.63) is 46.3 Å². The molecule has 0 fully saturated rings. The molecule has 1 heterocycles. The Balaban J connectivity index is 2.00. The van der Waals surface area contributed by atoms with Gasteiger partial charge in [0.25, 0.3) is 10.0 Å². The Bertz CT molecular complexity index is 1040. The van der Waals surface area contributed by atoms with E-state index in [0.29, 0.717) is 0 Å². The molecule has 0 aliphatic heterocycles. The van der Waals surface area contributed by atoms with Crippen molar-refractivity contribution in [3.8, 4) is 5.75 Å². The van der Waals surface area contributed by atoms with Crippen LogP contribution in [-0.4, -0.2) is 43.9 Å². The van der Waals surface area contributed by atoms with Gasteiger partial charge in [-0.3, -0.25) is 4.79 Å². The number of sulfonamides is 1.